The molecule has 3 heterocycles. The van der Waals surface area contributed by atoms with E-state index in [2.05, 4.69) is 15.3 Å². The van der Waals surface area contributed by atoms with Gasteiger partial charge >= 0.3 is 0 Å². The molecular weight excluding hydrogens is 359 g/mol. The van der Waals surface area contributed by atoms with Gasteiger partial charge in [0.2, 0.25) is 11.8 Å². The van der Waals surface area contributed by atoms with Crippen molar-refractivity contribution in [1.82, 2.24) is 19.8 Å². The number of fused-ring (bicyclic) bond motifs is 2. The van der Waals surface area contributed by atoms with Gasteiger partial charge in [0.15, 0.2) is 22.3 Å². The number of aromatic nitrogens is 4. The largest absolute Gasteiger partial charge is 0.485 e. The number of benzene rings is 2. The first-order valence-corrected chi connectivity index (χ1v) is 8.58. The Kier molecular flexibility index (Phi) is 3.45. The van der Waals surface area contributed by atoms with Crippen molar-refractivity contribution in [2.45, 2.75) is 6.61 Å². The maximum atomic E-state index is 14.0. The maximum absolute atomic E-state index is 14.0. The fraction of sp³-hybridized carbons (Fsp3) is 0.118. The molecule has 130 valence electrons. The van der Waals surface area contributed by atoms with E-state index in [1.807, 2.05) is 0 Å². The van der Waals surface area contributed by atoms with Crippen LogP contribution in [-0.2, 0) is 6.61 Å². The van der Waals surface area contributed by atoms with Crippen LogP contribution in [0.4, 0.5) is 4.39 Å². The molecule has 26 heavy (non-hydrogen) atoms. The molecule has 0 unspecified atom stereocenters. The minimum absolute atomic E-state index is 0.168. The van der Waals surface area contributed by atoms with Crippen LogP contribution >= 0.6 is 11.3 Å². The van der Waals surface area contributed by atoms with Crippen LogP contribution in [0.1, 0.15) is 5.82 Å². The summed E-state index contributed by atoms with van der Waals surface area (Å²) < 4.78 is 31.9. The monoisotopic (exact) mass is 370 g/mol. The SMILES string of the molecule is Fc1ccccc1-c1nn2c(COc3ccc4c(c3)OCO4)nnc2s1. The van der Waals surface area contributed by atoms with Crippen molar-refractivity contribution in [3.63, 3.8) is 0 Å². The third-order valence-electron chi connectivity index (χ3n) is 3.87. The van der Waals surface area contributed by atoms with Crippen molar-refractivity contribution < 1.29 is 18.6 Å². The summed E-state index contributed by atoms with van der Waals surface area (Å²) in [5.41, 5.74) is 0.436. The van der Waals surface area contributed by atoms with Gasteiger partial charge in [-0.05, 0) is 24.3 Å². The first-order chi connectivity index (χ1) is 12.8. The summed E-state index contributed by atoms with van der Waals surface area (Å²) in [6, 6.07) is 11.8. The molecule has 0 saturated heterocycles. The van der Waals surface area contributed by atoms with Crippen LogP contribution in [0.2, 0.25) is 0 Å². The standard InChI is InChI=1S/C17H11FN4O3S/c18-12-4-2-1-3-11(12)16-21-22-15(19-20-17(22)26-16)8-23-10-5-6-13-14(7-10)25-9-24-13/h1-7H,8-9H2. The highest BCUT2D eigenvalue weighted by Crippen LogP contribution is 2.35. The lowest BCUT2D eigenvalue weighted by atomic mass is 10.2. The van der Waals surface area contributed by atoms with Crippen LogP contribution < -0.4 is 14.2 Å². The molecule has 2 aromatic carbocycles. The van der Waals surface area contributed by atoms with Gasteiger partial charge < -0.3 is 14.2 Å². The molecule has 1 aliphatic heterocycles. The lowest BCUT2D eigenvalue weighted by Crippen LogP contribution is -2.02. The molecule has 0 radical (unpaired) electrons. The van der Waals surface area contributed by atoms with Crippen LogP contribution in [0.5, 0.6) is 17.2 Å². The van der Waals surface area contributed by atoms with E-state index in [0.717, 1.165) is 0 Å². The first-order valence-electron chi connectivity index (χ1n) is 7.76. The number of ether oxygens (including phenoxy) is 3. The van der Waals surface area contributed by atoms with Crippen LogP contribution in [0.15, 0.2) is 42.5 Å². The molecule has 7 nitrogen and oxygen atoms in total. The molecule has 0 amide bonds. The number of hydrogen-bond donors (Lipinski definition) is 0. The quantitative estimate of drug-likeness (QED) is 0.549. The van der Waals surface area contributed by atoms with E-state index in [-0.39, 0.29) is 19.2 Å². The normalized spacial score (nSPS) is 12.7. The van der Waals surface area contributed by atoms with Gasteiger partial charge in [-0.3, -0.25) is 0 Å². The van der Waals surface area contributed by atoms with Crippen LogP contribution in [0, 0.1) is 5.82 Å². The molecule has 0 saturated carbocycles. The fourth-order valence-corrected chi connectivity index (χ4v) is 3.49. The third kappa shape index (κ3) is 2.53. The molecule has 9 heteroatoms. The molecule has 0 bridgehead atoms. The summed E-state index contributed by atoms with van der Waals surface area (Å²) in [7, 11) is 0. The summed E-state index contributed by atoms with van der Waals surface area (Å²) in [5, 5.41) is 13.1. The lowest BCUT2D eigenvalue weighted by molar-refractivity contribution is 0.173. The van der Waals surface area contributed by atoms with Gasteiger partial charge in [-0.1, -0.05) is 23.5 Å². The van der Waals surface area contributed by atoms with Crippen molar-refractivity contribution in [3.8, 4) is 27.8 Å². The Morgan fingerprint density at radius 3 is 2.92 bits per heavy atom. The fourth-order valence-electron chi connectivity index (χ4n) is 2.61. The van der Waals surface area contributed by atoms with E-state index in [9.17, 15) is 4.39 Å². The van der Waals surface area contributed by atoms with E-state index in [1.165, 1.54) is 17.4 Å². The lowest BCUT2D eigenvalue weighted by Gasteiger charge is -2.05. The van der Waals surface area contributed by atoms with Crippen LogP contribution in [-0.4, -0.2) is 26.6 Å². The molecule has 0 atom stereocenters. The predicted octanol–water partition coefficient (Wildman–Crippen LogP) is 3.30. The van der Waals surface area contributed by atoms with E-state index < -0.39 is 0 Å². The Hall–Kier alpha value is -3.20. The average Bonchev–Trinajstić information content (AvgIpc) is 3.36. The summed E-state index contributed by atoms with van der Waals surface area (Å²) in [4.78, 5) is 0.576. The van der Waals surface area contributed by atoms with E-state index in [1.54, 1.807) is 40.9 Å². The van der Waals surface area contributed by atoms with Crippen LogP contribution in [0.3, 0.4) is 0 Å². The number of rotatable bonds is 4. The second-order valence-electron chi connectivity index (χ2n) is 5.50. The van der Waals surface area contributed by atoms with E-state index >= 15 is 0 Å². The minimum atomic E-state index is -0.323. The second-order valence-corrected chi connectivity index (χ2v) is 6.46. The Bertz CT molecular complexity index is 1110. The molecule has 0 N–H and O–H groups in total. The second kappa shape index (κ2) is 5.95. The topological polar surface area (TPSA) is 70.8 Å². The zero-order valence-electron chi connectivity index (χ0n) is 13.3. The van der Waals surface area contributed by atoms with E-state index in [4.69, 9.17) is 14.2 Å². The average molecular weight is 370 g/mol. The van der Waals surface area contributed by atoms with Crippen molar-refractivity contribution in [1.29, 1.82) is 0 Å². The molecule has 0 aliphatic carbocycles. The van der Waals surface area contributed by atoms with Crippen molar-refractivity contribution >= 4 is 16.3 Å². The number of halogens is 1. The van der Waals surface area contributed by atoms with Crippen molar-refractivity contribution in [2.24, 2.45) is 0 Å². The highest BCUT2D eigenvalue weighted by molar-refractivity contribution is 7.19. The molecule has 2 aromatic heterocycles. The summed E-state index contributed by atoms with van der Waals surface area (Å²) in [6.45, 7) is 0.377. The number of nitrogens with zero attached hydrogens (tertiary/aromatic N) is 4. The van der Waals surface area contributed by atoms with E-state index in [0.29, 0.717) is 38.6 Å². The molecule has 4 aromatic rings. The highest BCUT2D eigenvalue weighted by Gasteiger charge is 2.17. The Morgan fingerprint density at radius 2 is 2.00 bits per heavy atom. The summed E-state index contributed by atoms with van der Waals surface area (Å²) in [6.07, 6.45) is 0. The maximum Gasteiger partial charge on any atom is 0.235 e. The Morgan fingerprint density at radius 1 is 1.12 bits per heavy atom. The molecular formula is C17H11FN4O3S. The van der Waals surface area contributed by atoms with Crippen molar-refractivity contribution in [2.75, 3.05) is 6.79 Å². The molecule has 5 rings (SSSR count). The smallest absolute Gasteiger partial charge is 0.235 e. The van der Waals surface area contributed by atoms with Gasteiger partial charge in [0, 0.05) is 11.6 Å². The zero-order chi connectivity index (χ0) is 17.5. The summed E-state index contributed by atoms with van der Waals surface area (Å²) >= 11 is 1.27. The highest BCUT2D eigenvalue weighted by atomic mass is 32.1. The third-order valence-corrected chi connectivity index (χ3v) is 4.80. The van der Waals surface area contributed by atoms with Crippen LogP contribution in [0.25, 0.3) is 15.5 Å². The van der Waals surface area contributed by atoms with Gasteiger partial charge in [-0.2, -0.15) is 9.61 Å². The van der Waals surface area contributed by atoms with Gasteiger partial charge in [-0.15, -0.1) is 10.2 Å². The molecule has 0 spiro atoms. The molecule has 0 fully saturated rings. The van der Waals surface area contributed by atoms with Gasteiger partial charge in [-0.25, -0.2) is 4.39 Å². The number of hydrogen-bond acceptors (Lipinski definition) is 7. The Balaban J connectivity index is 1.40. The molecule has 1 aliphatic rings. The summed E-state index contributed by atoms with van der Waals surface area (Å²) in [5.74, 6) is 2.16. The van der Waals surface area contributed by atoms with Gasteiger partial charge in [0.25, 0.3) is 0 Å². The predicted molar refractivity (Wildman–Crippen MR) is 91.0 cm³/mol. The van der Waals surface area contributed by atoms with Crippen molar-refractivity contribution in [3.05, 3.63) is 54.1 Å². The van der Waals surface area contributed by atoms with Gasteiger partial charge in [0.05, 0.1) is 0 Å². The zero-order valence-corrected chi connectivity index (χ0v) is 14.1. The Labute approximate surface area is 150 Å². The first kappa shape index (κ1) is 15.1. The van der Waals surface area contributed by atoms with Gasteiger partial charge in [0.1, 0.15) is 18.2 Å². The minimum Gasteiger partial charge on any atom is -0.485 e.